The quantitative estimate of drug-likeness (QED) is 0.393. The van der Waals surface area contributed by atoms with Gasteiger partial charge in [0, 0.05) is 17.2 Å². The molecule has 0 fully saturated rings. The number of rotatable bonds is 11. The summed E-state index contributed by atoms with van der Waals surface area (Å²) in [7, 11) is 1.74. The molecule has 178 valence electrons. The second-order valence-corrected chi connectivity index (χ2v) is 9.95. The van der Waals surface area contributed by atoms with Crippen molar-refractivity contribution in [1.29, 1.82) is 0 Å². The molecular weight excluding hydrogens is 404 g/mol. The van der Waals surface area contributed by atoms with Gasteiger partial charge in [0.2, 0.25) is 17.7 Å². The number of nitrogens with two attached hydrogens (primary N) is 1. The summed E-state index contributed by atoms with van der Waals surface area (Å²) in [4.78, 5) is 37.8. The molecule has 7 heteroatoms. The monoisotopic (exact) mass is 444 g/mol. The normalized spacial score (nSPS) is 14.4. The third kappa shape index (κ3) is 8.46. The Hall–Kier alpha value is -2.67. The van der Waals surface area contributed by atoms with E-state index in [1.165, 1.54) is 6.08 Å². The summed E-state index contributed by atoms with van der Waals surface area (Å²) in [6.45, 7) is 12.0. The summed E-state index contributed by atoms with van der Waals surface area (Å²) in [5, 5.41) is 8.85. The molecular formula is C25H40N4O3. The predicted molar refractivity (Wildman–Crippen MR) is 129 cm³/mol. The highest BCUT2D eigenvalue weighted by molar-refractivity contribution is 5.92. The van der Waals surface area contributed by atoms with Crippen LogP contribution < -0.4 is 21.7 Å². The molecule has 3 amide bonds. The summed E-state index contributed by atoms with van der Waals surface area (Å²) in [5.41, 5.74) is 6.02. The second kappa shape index (κ2) is 11.8. The maximum atomic E-state index is 13.3. The standard InChI is InChI=1S/C25H40N4O3/c1-8-12-18(15-20(26)30)28-22(31)19(16-24(2,3)4)29-23(32)21(27-7)25(5,6)17-13-10-9-11-14-17/h9-11,13-15,19,21,27H,8,12,16H2,1-7H3,(H2,26,30)(H,28,31)(H,29,32)/t19?,21-/m1/s1. The van der Waals surface area contributed by atoms with Crippen molar-refractivity contribution in [1.82, 2.24) is 16.0 Å². The van der Waals surface area contributed by atoms with Gasteiger partial charge in [-0.1, -0.05) is 78.3 Å². The number of allylic oxidation sites excluding steroid dienone is 1. The molecule has 32 heavy (non-hydrogen) atoms. The first-order valence-electron chi connectivity index (χ1n) is 11.2. The Morgan fingerprint density at radius 2 is 1.62 bits per heavy atom. The van der Waals surface area contributed by atoms with Crippen molar-refractivity contribution in [3.05, 3.63) is 47.7 Å². The number of benzene rings is 1. The van der Waals surface area contributed by atoms with Crippen LogP contribution in [0.3, 0.4) is 0 Å². The van der Waals surface area contributed by atoms with Crippen LogP contribution in [0.2, 0.25) is 0 Å². The Balaban J connectivity index is 3.14. The van der Waals surface area contributed by atoms with Crippen LogP contribution in [-0.4, -0.2) is 36.9 Å². The number of hydrogen-bond donors (Lipinski definition) is 4. The number of carbonyl (C=O) groups is 3. The van der Waals surface area contributed by atoms with E-state index in [2.05, 4.69) is 16.0 Å². The van der Waals surface area contributed by atoms with E-state index in [9.17, 15) is 14.4 Å². The lowest BCUT2D eigenvalue weighted by atomic mass is 9.77. The maximum absolute atomic E-state index is 13.3. The lowest BCUT2D eigenvalue weighted by Crippen LogP contribution is -2.58. The van der Waals surface area contributed by atoms with Gasteiger partial charge in [0.25, 0.3) is 0 Å². The van der Waals surface area contributed by atoms with Crippen LogP contribution in [0.5, 0.6) is 0 Å². The van der Waals surface area contributed by atoms with Crippen molar-refractivity contribution >= 4 is 17.7 Å². The van der Waals surface area contributed by atoms with Crippen LogP contribution in [0.4, 0.5) is 0 Å². The van der Waals surface area contributed by atoms with Gasteiger partial charge in [-0.3, -0.25) is 14.4 Å². The Labute approximate surface area is 192 Å². The minimum atomic E-state index is -0.766. The first-order valence-corrected chi connectivity index (χ1v) is 11.2. The van der Waals surface area contributed by atoms with E-state index >= 15 is 0 Å². The highest BCUT2D eigenvalue weighted by atomic mass is 16.2. The molecule has 1 unspecified atom stereocenters. The molecule has 2 atom stereocenters. The molecule has 0 saturated heterocycles. The summed E-state index contributed by atoms with van der Waals surface area (Å²) in [6.07, 6.45) is 2.91. The molecule has 0 aliphatic heterocycles. The molecule has 7 nitrogen and oxygen atoms in total. The number of nitrogens with one attached hydrogen (secondary N) is 3. The highest BCUT2D eigenvalue weighted by Gasteiger charge is 2.37. The molecule has 1 aromatic carbocycles. The highest BCUT2D eigenvalue weighted by Crippen LogP contribution is 2.28. The van der Waals surface area contributed by atoms with Gasteiger partial charge < -0.3 is 21.7 Å². The van der Waals surface area contributed by atoms with Gasteiger partial charge in [0.05, 0.1) is 6.04 Å². The Kier molecular flexibility index (Phi) is 10.1. The van der Waals surface area contributed by atoms with E-state index in [4.69, 9.17) is 5.73 Å². The van der Waals surface area contributed by atoms with E-state index in [0.717, 1.165) is 12.0 Å². The second-order valence-electron chi connectivity index (χ2n) is 9.95. The van der Waals surface area contributed by atoms with Crippen molar-refractivity contribution in [2.75, 3.05) is 7.05 Å². The average molecular weight is 445 g/mol. The van der Waals surface area contributed by atoms with Crippen molar-refractivity contribution < 1.29 is 14.4 Å². The summed E-state index contributed by atoms with van der Waals surface area (Å²) < 4.78 is 0. The van der Waals surface area contributed by atoms with Crippen molar-refractivity contribution in [3.8, 4) is 0 Å². The third-order valence-electron chi connectivity index (χ3n) is 5.36. The molecule has 0 spiro atoms. The van der Waals surface area contributed by atoms with Crippen LogP contribution in [0.25, 0.3) is 0 Å². The smallest absolute Gasteiger partial charge is 0.246 e. The fourth-order valence-electron chi connectivity index (χ4n) is 3.79. The van der Waals surface area contributed by atoms with Gasteiger partial charge in [0.1, 0.15) is 6.04 Å². The summed E-state index contributed by atoms with van der Waals surface area (Å²) >= 11 is 0. The Bertz CT molecular complexity index is 810. The minimum absolute atomic E-state index is 0.211. The van der Waals surface area contributed by atoms with Gasteiger partial charge >= 0.3 is 0 Å². The van der Waals surface area contributed by atoms with Crippen LogP contribution in [0.1, 0.15) is 66.4 Å². The first-order chi connectivity index (χ1) is 14.8. The topological polar surface area (TPSA) is 113 Å². The molecule has 0 heterocycles. The van der Waals surface area contributed by atoms with Crippen LogP contribution in [0.15, 0.2) is 42.1 Å². The number of amides is 3. The summed E-state index contributed by atoms with van der Waals surface area (Å²) in [5.74, 6) is -1.24. The minimum Gasteiger partial charge on any atom is -0.366 e. The SMILES string of the molecule is CCCC(=CC(N)=O)NC(=O)C(CC(C)(C)C)NC(=O)[C@@H](NC)C(C)(C)c1ccccc1. The van der Waals surface area contributed by atoms with Crippen LogP contribution >= 0.6 is 0 Å². The number of likely N-dealkylation sites (N-methyl/N-ethyl adjacent to an activating group) is 1. The van der Waals surface area contributed by atoms with E-state index in [1.807, 2.05) is 71.9 Å². The lowest BCUT2D eigenvalue weighted by Gasteiger charge is -2.35. The van der Waals surface area contributed by atoms with Crippen molar-refractivity contribution in [2.24, 2.45) is 11.1 Å². The van der Waals surface area contributed by atoms with E-state index in [-0.39, 0.29) is 17.2 Å². The van der Waals surface area contributed by atoms with Crippen molar-refractivity contribution in [2.45, 2.75) is 78.3 Å². The first kappa shape index (κ1) is 27.4. The molecule has 1 aromatic rings. The van der Waals surface area contributed by atoms with Gasteiger partial charge in [0.15, 0.2) is 0 Å². The molecule has 0 bridgehead atoms. The Morgan fingerprint density at radius 1 is 1.03 bits per heavy atom. The molecule has 0 saturated carbocycles. The molecule has 5 N–H and O–H groups in total. The zero-order valence-corrected chi connectivity index (χ0v) is 20.5. The number of hydrogen-bond acceptors (Lipinski definition) is 4. The molecule has 1 rings (SSSR count). The van der Waals surface area contributed by atoms with E-state index in [0.29, 0.717) is 18.5 Å². The lowest BCUT2D eigenvalue weighted by molar-refractivity contribution is -0.131. The van der Waals surface area contributed by atoms with Crippen LogP contribution in [-0.2, 0) is 19.8 Å². The maximum Gasteiger partial charge on any atom is 0.246 e. The number of primary amides is 1. The van der Waals surface area contributed by atoms with Gasteiger partial charge in [-0.2, -0.15) is 0 Å². The van der Waals surface area contributed by atoms with Gasteiger partial charge in [-0.25, -0.2) is 0 Å². The number of carbonyl (C=O) groups excluding carboxylic acids is 3. The van der Waals surface area contributed by atoms with E-state index in [1.54, 1.807) is 7.05 Å². The summed E-state index contributed by atoms with van der Waals surface area (Å²) in [6, 6.07) is 8.47. The fraction of sp³-hybridized carbons (Fsp3) is 0.560. The molecule has 0 radical (unpaired) electrons. The van der Waals surface area contributed by atoms with Crippen LogP contribution in [0, 0.1) is 5.41 Å². The van der Waals surface area contributed by atoms with Crippen molar-refractivity contribution in [3.63, 3.8) is 0 Å². The molecule has 0 aliphatic rings. The predicted octanol–water partition coefficient (Wildman–Crippen LogP) is 2.76. The van der Waals surface area contributed by atoms with Gasteiger partial charge in [-0.05, 0) is 30.9 Å². The fourth-order valence-corrected chi connectivity index (χ4v) is 3.79. The molecule has 0 aromatic heterocycles. The largest absolute Gasteiger partial charge is 0.366 e. The van der Waals surface area contributed by atoms with Gasteiger partial charge in [-0.15, -0.1) is 0 Å². The Morgan fingerprint density at radius 3 is 2.09 bits per heavy atom. The molecule has 0 aliphatic carbocycles. The zero-order chi connectivity index (χ0) is 24.5. The zero-order valence-electron chi connectivity index (χ0n) is 20.5. The third-order valence-corrected chi connectivity index (χ3v) is 5.36. The van der Waals surface area contributed by atoms with E-state index < -0.39 is 23.4 Å². The average Bonchev–Trinajstić information content (AvgIpc) is 2.67.